The molecule has 15 heavy (non-hydrogen) atoms. The number of hydrogen-bond donors (Lipinski definition) is 1. The summed E-state index contributed by atoms with van der Waals surface area (Å²) in [5, 5.41) is 3.02. The van der Waals surface area contributed by atoms with Gasteiger partial charge in [-0.15, -0.1) is 0 Å². The first kappa shape index (κ1) is 12.0. The van der Waals surface area contributed by atoms with E-state index >= 15 is 0 Å². The maximum absolute atomic E-state index is 13.3. The summed E-state index contributed by atoms with van der Waals surface area (Å²) in [7, 11) is 0. The number of rotatable bonds is 4. The number of nitrogens with one attached hydrogen (secondary N) is 1. The van der Waals surface area contributed by atoms with Crippen LogP contribution in [0.4, 0.5) is 14.5 Å². The van der Waals surface area contributed by atoms with Crippen molar-refractivity contribution in [3.05, 3.63) is 29.8 Å². The predicted molar refractivity (Wildman–Crippen MR) is 58.9 cm³/mol. The zero-order chi connectivity index (χ0) is 11.4. The average molecular weight is 213 g/mol. The fraction of sp³-hybridized carbons (Fsp3) is 0.500. The first-order valence-corrected chi connectivity index (χ1v) is 5.26. The van der Waals surface area contributed by atoms with E-state index in [0.29, 0.717) is 5.92 Å². The molecule has 0 heterocycles. The molecular weight excluding hydrogens is 196 g/mol. The van der Waals surface area contributed by atoms with Crippen molar-refractivity contribution in [3.63, 3.8) is 0 Å². The molecule has 0 saturated heterocycles. The lowest BCUT2D eigenvalue weighted by Gasteiger charge is -2.22. The highest BCUT2D eigenvalue weighted by atomic mass is 19.1. The van der Waals surface area contributed by atoms with E-state index in [1.165, 1.54) is 6.07 Å². The molecule has 1 nitrogen and oxygen atoms in total. The summed E-state index contributed by atoms with van der Waals surface area (Å²) in [5.74, 6) is -0.439. The molecule has 0 bridgehead atoms. The summed E-state index contributed by atoms with van der Waals surface area (Å²) in [6.07, 6.45) is 0.883. The van der Waals surface area contributed by atoms with Crippen LogP contribution in [0.5, 0.6) is 0 Å². The van der Waals surface area contributed by atoms with Crippen LogP contribution in [0, 0.1) is 17.6 Å². The molecule has 84 valence electrons. The molecule has 1 N–H and O–H groups in total. The first-order chi connectivity index (χ1) is 7.04. The third kappa shape index (κ3) is 3.18. The van der Waals surface area contributed by atoms with Crippen molar-refractivity contribution in [1.29, 1.82) is 0 Å². The van der Waals surface area contributed by atoms with Crippen molar-refractivity contribution in [2.24, 2.45) is 5.92 Å². The molecule has 3 heteroatoms. The van der Waals surface area contributed by atoms with Crippen LogP contribution in [0.15, 0.2) is 18.2 Å². The van der Waals surface area contributed by atoms with Gasteiger partial charge in [-0.25, -0.2) is 8.78 Å². The minimum atomic E-state index is -0.419. The molecule has 1 atom stereocenters. The number of halogens is 2. The second-order valence-corrected chi connectivity index (χ2v) is 4.03. The Morgan fingerprint density at radius 3 is 2.47 bits per heavy atom. The largest absolute Gasteiger partial charge is 0.380 e. The van der Waals surface area contributed by atoms with Crippen molar-refractivity contribution in [2.45, 2.75) is 33.2 Å². The van der Waals surface area contributed by atoms with Gasteiger partial charge in [0.25, 0.3) is 0 Å². The summed E-state index contributed by atoms with van der Waals surface area (Å²) < 4.78 is 26.2. The summed E-state index contributed by atoms with van der Waals surface area (Å²) >= 11 is 0. The number of hydrogen-bond acceptors (Lipinski definition) is 1. The fourth-order valence-corrected chi connectivity index (χ4v) is 1.55. The average Bonchev–Trinajstić information content (AvgIpc) is 2.18. The van der Waals surface area contributed by atoms with Gasteiger partial charge in [0.2, 0.25) is 0 Å². The van der Waals surface area contributed by atoms with E-state index in [9.17, 15) is 8.78 Å². The Kier molecular flexibility index (Phi) is 4.06. The highest BCUT2D eigenvalue weighted by Crippen LogP contribution is 2.19. The molecule has 0 saturated carbocycles. The molecule has 0 aromatic heterocycles. The van der Waals surface area contributed by atoms with E-state index in [0.717, 1.165) is 18.6 Å². The Labute approximate surface area is 89.5 Å². The van der Waals surface area contributed by atoms with Gasteiger partial charge in [-0.3, -0.25) is 0 Å². The van der Waals surface area contributed by atoms with Crippen molar-refractivity contribution >= 4 is 5.69 Å². The van der Waals surface area contributed by atoms with Crippen LogP contribution >= 0.6 is 0 Å². The Morgan fingerprint density at radius 1 is 1.27 bits per heavy atom. The van der Waals surface area contributed by atoms with Crippen LogP contribution in [-0.4, -0.2) is 6.04 Å². The van der Waals surface area contributed by atoms with Crippen LogP contribution in [0.2, 0.25) is 0 Å². The topological polar surface area (TPSA) is 12.0 Å². The van der Waals surface area contributed by atoms with E-state index in [4.69, 9.17) is 0 Å². The summed E-state index contributed by atoms with van der Waals surface area (Å²) in [6, 6.07) is 3.63. The summed E-state index contributed by atoms with van der Waals surface area (Å²) in [5.41, 5.74) is 0.246. The SMILES string of the molecule is CCC(Nc1cc(F)ccc1F)C(C)C. The van der Waals surface area contributed by atoms with E-state index in [2.05, 4.69) is 19.2 Å². The second-order valence-electron chi connectivity index (χ2n) is 4.03. The lowest BCUT2D eigenvalue weighted by atomic mass is 10.0. The standard InChI is InChI=1S/C12H17F2N/c1-4-11(8(2)3)15-12-7-9(13)5-6-10(12)14/h5-8,11,15H,4H2,1-3H3. The number of benzene rings is 1. The second kappa shape index (κ2) is 5.10. The predicted octanol–water partition coefficient (Wildman–Crippen LogP) is 3.81. The maximum Gasteiger partial charge on any atom is 0.146 e. The molecule has 1 rings (SSSR count). The quantitative estimate of drug-likeness (QED) is 0.801. The van der Waals surface area contributed by atoms with Gasteiger partial charge in [-0.05, 0) is 30.5 Å². The van der Waals surface area contributed by atoms with Gasteiger partial charge >= 0.3 is 0 Å². The van der Waals surface area contributed by atoms with Crippen molar-refractivity contribution in [3.8, 4) is 0 Å². The Bertz CT molecular complexity index is 323. The van der Waals surface area contributed by atoms with Gasteiger partial charge < -0.3 is 5.32 Å². The fourth-order valence-electron chi connectivity index (χ4n) is 1.55. The molecule has 0 radical (unpaired) electrons. The lowest BCUT2D eigenvalue weighted by molar-refractivity contribution is 0.505. The molecule has 0 aliphatic heterocycles. The monoisotopic (exact) mass is 213 g/mol. The van der Waals surface area contributed by atoms with E-state index < -0.39 is 11.6 Å². The molecule has 1 aromatic carbocycles. The zero-order valence-electron chi connectivity index (χ0n) is 9.35. The summed E-state index contributed by atoms with van der Waals surface area (Å²) in [4.78, 5) is 0. The number of anilines is 1. The van der Waals surface area contributed by atoms with Gasteiger partial charge in [0.15, 0.2) is 0 Å². The zero-order valence-corrected chi connectivity index (χ0v) is 9.35. The van der Waals surface area contributed by atoms with Crippen LogP contribution in [0.25, 0.3) is 0 Å². The van der Waals surface area contributed by atoms with Crippen LogP contribution < -0.4 is 5.32 Å². The minimum absolute atomic E-state index is 0.168. The highest BCUT2D eigenvalue weighted by Gasteiger charge is 2.13. The molecule has 1 aromatic rings. The third-order valence-corrected chi connectivity index (χ3v) is 2.51. The molecule has 1 unspecified atom stereocenters. The molecule has 0 amide bonds. The Hall–Kier alpha value is -1.12. The third-order valence-electron chi connectivity index (χ3n) is 2.51. The normalized spacial score (nSPS) is 12.9. The maximum atomic E-state index is 13.3. The highest BCUT2D eigenvalue weighted by molar-refractivity contribution is 5.45. The van der Waals surface area contributed by atoms with Crippen LogP contribution in [0.3, 0.4) is 0 Å². The summed E-state index contributed by atoms with van der Waals surface area (Å²) in [6.45, 7) is 6.13. The van der Waals surface area contributed by atoms with Crippen molar-refractivity contribution in [1.82, 2.24) is 0 Å². The van der Waals surface area contributed by atoms with Gasteiger partial charge in [0, 0.05) is 6.04 Å². The van der Waals surface area contributed by atoms with E-state index in [-0.39, 0.29) is 11.7 Å². The smallest absolute Gasteiger partial charge is 0.146 e. The molecule has 0 aliphatic carbocycles. The van der Waals surface area contributed by atoms with Crippen molar-refractivity contribution in [2.75, 3.05) is 5.32 Å². The van der Waals surface area contributed by atoms with Gasteiger partial charge in [-0.2, -0.15) is 0 Å². The molecule has 0 aliphatic rings. The molecular formula is C12H17F2N. The molecule has 0 fully saturated rings. The minimum Gasteiger partial charge on any atom is -0.380 e. The van der Waals surface area contributed by atoms with Crippen LogP contribution in [-0.2, 0) is 0 Å². The van der Waals surface area contributed by atoms with Gasteiger partial charge in [0.05, 0.1) is 5.69 Å². The van der Waals surface area contributed by atoms with E-state index in [1.54, 1.807) is 0 Å². The first-order valence-electron chi connectivity index (χ1n) is 5.26. The van der Waals surface area contributed by atoms with Gasteiger partial charge in [0.1, 0.15) is 11.6 Å². The Morgan fingerprint density at radius 2 is 1.93 bits per heavy atom. The van der Waals surface area contributed by atoms with Crippen LogP contribution in [0.1, 0.15) is 27.2 Å². The lowest BCUT2D eigenvalue weighted by Crippen LogP contribution is -2.25. The van der Waals surface area contributed by atoms with Gasteiger partial charge in [-0.1, -0.05) is 20.8 Å². The molecule has 0 spiro atoms. The Balaban J connectivity index is 2.82. The van der Waals surface area contributed by atoms with E-state index in [1.807, 2.05) is 6.92 Å². The van der Waals surface area contributed by atoms with Crippen molar-refractivity contribution < 1.29 is 8.78 Å².